The van der Waals surface area contributed by atoms with Crippen molar-refractivity contribution in [3.8, 4) is 0 Å². The van der Waals surface area contributed by atoms with Crippen LogP contribution in [0.25, 0.3) is 0 Å². The molecule has 2 rings (SSSR count). The molecule has 4 N–H and O–H groups in total. The second-order valence-corrected chi connectivity index (χ2v) is 8.94. The molecule has 3 atom stereocenters. The molecule has 0 radical (unpaired) electrons. The highest BCUT2D eigenvalue weighted by Crippen LogP contribution is 2.22. The van der Waals surface area contributed by atoms with Gasteiger partial charge in [0.1, 0.15) is 18.1 Å². The number of amides is 3. The Morgan fingerprint density at radius 1 is 1.12 bits per heavy atom. The van der Waals surface area contributed by atoms with E-state index in [-0.39, 0.29) is 12.3 Å². The minimum atomic E-state index is -1.31. The van der Waals surface area contributed by atoms with Gasteiger partial charge in [0.15, 0.2) is 0 Å². The van der Waals surface area contributed by atoms with Gasteiger partial charge in [-0.3, -0.25) is 14.4 Å². The number of likely N-dealkylation sites (tertiary alicyclic amines) is 1. The van der Waals surface area contributed by atoms with Crippen LogP contribution in [0, 0.1) is 13.8 Å². The lowest BCUT2D eigenvalue weighted by Gasteiger charge is -2.26. The Morgan fingerprint density at radius 2 is 1.78 bits per heavy atom. The Morgan fingerprint density at radius 3 is 2.34 bits per heavy atom. The van der Waals surface area contributed by atoms with E-state index in [4.69, 9.17) is 0 Å². The van der Waals surface area contributed by atoms with Crippen LogP contribution in [0.4, 0.5) is 0 Å². The second-order valence-electron chi connectivity index (χ2n) is 7.96. The maximum absolute atomic E-state index is 13.0. The first-order valence-corrected chi connectivity index (χ1v) is 11.9. The van der Waals surface area contributed by atoms with Crippen molar-refractivity contribution >= 4 is 35.5 Å². The van der Waals surface area contributed by atoms with Crippen LogP contribution in [-0.2, 0) is 14.4 Å². The number of hydrogen-bond donors (Lipinski definition) is 4. The summed E-state index contributed by atoms with van der Waals surface area (Å²) in [6.45, 7) is 3.51. The summed E-state index contributed by atoms with van der Waals surface area (Å²) in [4.78, 5) is 51.2. The van der Waals surface area contributed by atoms with Gasteiger partial charge >= 0.3 is 5.97 Å². The summed E-state index contributed by atoms with van der Waals surface area (Å²) in [5, 5.41) is 23.7. The Kier molecular flexibility index (Phi) is 9.52. The molecule has 9 nitrogen and oxygen atoms in total. The second kappa shape index (κ2) is 11.9. The van der Waals surface area contributed by atoms with E-state index in [0.717, 1.165) is 11.1 Å². The van der Waals surface area contributed by atoms with Gasteiger partial charge in [-0.15, -0.1) is 0 Å². The molecule has 0 bridgehead atoms. The number of carbonyl (C=O) groups excluding carboxylic acids is 3. The van der Waals surface area contributed by atoms with E-state index in [1.54, 1.807) is 12.1 Å². The number of aliphatic carboxylic acids is 1. The lowest BCUT2D eigenvalue weighted by molar-refractivity contribution is -0.142. The largest absolute Gasteiger partial charge is 0.480 e. The van der Waals surface area contributed by atoms with Gasteiger partial charge in [0, 0.05) is 12.1 Å². The van der Waals surface area contributed by atoms with Crippen molar-refractivity contribution in [1.82, 2.24) is 15.5 Å². The van der Waals surface area contributed by atoms with Crippen LogP contribution < -0.4 is 10.6 Å². The number of aliphatic hydroxyl groups is 1. The van der Waals surface area contributed by atoms with E-state index < -0.39 is 42.5 Å². The van der Waals surface area contributed by atoms with E-state index >= 15 is 0 Å². The van der Waals surface area contributed by atoms with E-state index in [1.807, 2.05) is 26.2 Å². The quantitative estimate of drug-likeness (QED) is 0.399. The highest BCUT2D eigenvalue weighted by molar-refractivity contribution is 7.98. The number of aryl methyl sites for hydroxylation is 2. The lowest BCUT2D eigenvalue weighted by atomic mass is 10.1. The van der Waals surface area contributed by atoms with Gasteiger partial charge in [-0.05, 0) is 57.3 Å². The van der Waals surface area contributed by atoms with Gasteiger partial charge in [-0.2, -0.15) is 11.8 Å². The van der Waals surface area contributed by atoms with Crippen LogP contribution in [-0.4, -0.2) is 82.1 Å². The number of hydrogen-bond acceptors (Lipinski definition) is 6. The predicted octanol–water partition coefficient (Wildman–Crippen LogP) is 0.708. The summed E-state index contributed by atoms with van der Waals surface area (Å²) < 4.78 is 0. The summed E-state index contributed by atoms with van der Waals surface area (Å²) in [7, 11) is 0. The number of carboxylic acid groups (broad SMARTS) is 1. The van der Waals surface area contributed by atoms with Crippen LogP contribution in [0.1, 0.15) is 40.7 Å². The molecule has 32 heavy (non-hydrogen) atoms. The monoisotopic (exact) mass is 465 g/mol. The Labute approximate surface area is 191 Å². The van der Waals surface area contributed by atoms with Gasteiger partial charge < -0.3 is 25.7 Å². The zero-order chi connectivity index (χ0) is 23.8. The van der Waals surface area contributed by atoms with Crippen molar-refractivity contribution in [3.05, 3.63) is 34.9 Å². The Balaban J connectivity index is 2.07. The van der Waals surface area contributed by atoms with Gasteiger partial charge in [0.2, 0.25) is 11.8 Å². The van der Waals surface area contributed by atoms with Crippen molar-refractivity contribution in [2.75, 3.05) is 25.2 Å². The van der Waals surface area contributed by atoms with Crippen molar-refractivity contribution in [2.45, 2.75) is 51.2 Å². The third kappa shape index (κ3) is 6.70. The third-order valence-electron chi connectivity index (χ3n) is 5.33. The lowest BCUT2D eigenvalue weighted by Crippen LogP contribution is -2.56. The Hall–Kier alpha value is -2.59. The van der Waals surface area contributed by atoms with Crippen LogP contribution in [0.15, 0.2) is 18.2 Å². The molecule has 0 saturated carbocycles. The molecule has 3 amide bonds. The molecular weight excluding hydrogens is 434 g/mol. The van der Waals surface area contributed by atoms with E-state index in [9.17, 15) is 29.4 Å². The SMILES string of the molecule is CSCC[C@H](NC(=O)[C@H](CO)NC(=O)[C@@H]1CCCN1C(=O)c1cc(C)cc(C)c1)C(=O)O. The first-order valence-electron chi connectivity index (χ1n) is 10.5. The average Bonchev–Trinajstić information content (AvgIpc) is 3.23. The zero-order valence-electron chi connectivity index (χ0n) is 18.6. The number of benzene rings is 1. The summed E-state index contributed by atoms with van der Waals surface area (Å²) in [6, 6.07) is 2.31. The molecule has 1 heterocycles. The van der Waals surface area contributed by atoms with Gasteiger partial charge in [0.25, 0.3) is 5.91 Å². The van der Waals surface area contributed by atoms with Crippen LogP contribution in [0.5, 0.6) is 0 Å². The van der Waals surface area contributed by atoms with Gasteiger partial charge in [0.05, 0.1) is 6.61 Å². The molecule has 0 spiro atoms. The molecule has 0 aliphatic carbocycles. The first-order chi connectivity index (χ1) is 15.2. The summed E-state index contributed by atoms with van der Waals surface area (Å²) >= 11 is 1.45. The fourth-order valence-electron chi connectivity index (χ4n) is 3.77. The molecular formula is C22H31N3O6S. The minimum Gasteiger partial charge on any atom is -0.480 e. The number of carboxylic acids is 1. The van der Waals surface area contributed by atoms with E-state index in [0.29, 0.717) is 30.7 Å². The van der Waals surface area contributed by atoms with Crippen LogP contribution in [0.3, 0.4) is 0 Å². The molecule has 0 unspecified atom stereocenters. The number of nitrogens with one attached hydrogen (secondary N) is 2. The number of thioether (sulfide) groups is 1. The smallest absolute Gasteiger partial charge is 0.326 e. The molecule has 1 aliphatic rings. The van der Waals surface area contributed by atoms with Crippen molar-refractivity contribution < 1.29 is 29.4 Å². The molecule has 10 heteroatoms. The van der Waals surface area contributed by atoms with Gasteiger partial charge in [-0.1, -0.05) is 17.2 Å². The number of rotatable bonds is 10. The summed E-state index contributed by atoms with van der Waals surface area (Å²) in [5.41, 5.74) is 2.39. The first kappa shape index (κ1) is 25.7. The fraction of sp³-hybridized carbons (Fsp3) is 0.545. The predicted molar refractivity (Wildman–Crippen MR) is 122 cm³/mol. The maximum Gasteiger partial charge on any atom is 0.326 e. The molecule has 0 aromatic heterocycles. The van der Waals surface area contributed by atoms with Gasteiger partial charge in [-0.25, -0.2) is 4.79 Å². The summed E-state index contributed by atoms with van der Waals surface area (Å²) in [6.07, 6.45) is 3.12. The van der Waals surface area contributed by atoms with Crippen molar-refractivity contribution in [2.24, 2.45) is 0 Å². The zero-order valence-corrected chi connectivity index (χ0v) is 19.4. The standard InChI is InChI=1S/C22H31N3O6S/c1-13-9-14(2)11-15(10-13)21(29)25-7-4-5-18(25)20(28)24-17(12-26)19(27)23-16(22(30)31)6-8-32-3/h9-11,16-18,26H,4-8,12H2,1-3H3,(H,23,27)(H,24,28)(H,30,31)/t16-,17-,18-/m0/s1. The fourth-order valence-corrected chi connectivity index (χ4v) is 4.25. The minimum absolute atomic E-state index is 0.217. The van der Waals surface area contributed by atoms with E-state index in [1.165, 1.54) is 16.7 Å². The number of aliphatic hydroxyl groups excluding tert-OH is 1. The average molecular weight is 466 g/mol. The molecule has 1 fully saturated rings. The maximum atomic E-state index is 13.0. The molecule has 1 aromatic rings. The van der Waals surface area contributed by atoms with Crippen molar-refractivity contribution in [3.63, 3.8) is 0 Å². The van der Waals surface area contributed by atoms with Crippen LogP contribution >= 0.6 is 11.8 Å². The molecule has 1 aromatic carbocycles. The number of nitrogens with zero attached hydrogens (tertiary/aromatic N) is 1. The normalized spacial score (nSPS) is 17.5. The van der Waals surface area contributed by atoms with Crippen LogP contribution in [0.2, 0.25) is 0 Å². The molecule has 1 aliphatic heterocycles. The molecule has 1 saturated heterocycles. The third-order valence-corrected chi connectivity index (χ3v) is 5.97. The topological polar surface area (TPSA) is 136 Å². The number of carbonyl (C=O) groups is 4. The van der Waals surface area contributed by atoms with E-state index in [2.05, 4.69) is 10.6 Å². The summed E-state index contributed by atoms with van der Waals surface area (Å²) in [5.74, 6) is -2.24. The molecule has 176 valence electrons. The van der Waals surface area contributed by atoms with Crippen molar-refractivity contribution in [1.29, 1.82) is 0 Å². The highest BCUT2D eigenvalue weighted by Gasteiger charge is 2.36. The Bertz CT molecular complexity index is 842. The highest BCUT2D eigenvalue weighted by atomic mass is 32.2.